The molecule has 1 aliphatic heterocycles. The van der Waals surface area contributed by atoms with Crippen LogP contribution in [0.1, 0.15) is 32.1 Å². The summed E-state index contributed by atoms with van der Waals surface area (Å²) in [6.07, 6.45) is 6.08. The standard InChI is InChI=1S/C12H18ClNO/c13-8-3-2-6-14(7-8)12(15)11-9-4-1-5-10(9)11/h8-11H,1-7H2. The number of piperidine rings is 1. The molecule has 3 atom stereocenters. The summed E-state index contributed by atoms with van der Waals surface area (Å²) in [7, 11) is 0. The van der Waals surface area contributed by atoms with Crippen molar-refractivity contribution in [3.05, 3.63) is 0 Å². The third kappa shape index (κ3) is 1.67. The van der Waals surface area contributed by atoms with E-state index in [2.05, 4.69) is 0 Å². The third-order valence-corrected chi connectivity index (χ3v) is 4.72. The van der Waals surface area contributed by atoms with E-state index in [1.165, 1.54) is 19.3 Å². The molecule has 3 heteroatoms. The van der Waals surface area contributed by atoms with E-state index in [1.807, 2.05) is 4.90 Å². The van der Waals surface area contributed by atoms with Crippen LogP contribution in [-0.4, -0.2) is 29.3 Å². The molecule has 3 fully saturated rings. The number of likely N-dealkylation sites (tertiary alicyclic amines) is 1. The lowest BCUT2D eigenvalue weighted by Crippen LogP contribution is -2.41. The summed E-state index contributed by atoms with van der Waals surface area (Å²) in [5, 5.41) is 0.196. The minimum absolute atomic E-state index is 0.196. The van der Waals surface area contributed by atoms with Gasteiger partial charge in [-0.2, -0.15) is 0 Å². The molecule has 3 rings (SSSR count). The Morgan fingerprint density at radius 3 is 2.53 bits per heavy atom. The van der Waals surface area contributed by atoms with Crippen LogP contribution in [0.2, 0.25) is 0 Å². The normalized spacial score (nSPS) is 43.9. The van der Waals surface area contributed by atoms with Crippen molar-refractivity contribution in [1.82, 2.24) is 4.90 Å². The van der Waals surface area contributed by atoms with Gasteiger partial charge < -0.3 is 4.90 Å². The Bertz CT molecular complexity index is 271. The number of fused-ring (bicyclic) bond motifs is 1. The first-order chi connectivity index (χ1) is 7.27. The van der Waals surface area contributed by atoms with Gasteiger partial charge in [-0.3, -0.25) is 4.79 Å². The number of rotatable bonds is 1. The second-order valence-corrected chi connectivity index (χ2v) is 5.93. The molecule has 1 saturated heterocycles. The summed E-state index contributed by atoms with van der Waals surface area (Å²) in [5.74, 6) is 2.29. The fourth-order valence-corrected chi connectivity index (χ4v) is 3.85. The second-order valence-electron chi connectivity index (χ2n) is 5.31. The van der Waals surface area contributed by atoms with E-state index in [1.54, 1.807) is 0 Å². The second kappa shape index (κ2) is 3.65. The van der Waals surface area contributed by atoms with Crippen molar-refractivity contribution in [3.63, 3.8) is 0 Å². The molecule has 0 aromatic heterocycles. The van der Waals surface area contributed by atoms with E-state index in [-0.39, 0.29) is 5.38 Å². The fourth-order valence-electron chi connectivity index (χ4n) is 3.52. The lowest BCUT2D eigenvalue weighted by molar-refractivity contribution is -0.134. The highest BCUT2D eigenvalue weighted by molar-refractivity contribution is 6.20. The minimum atomic E-state index is 0.196. The molecule has 2 nitrogen and oxygen atoms in total. The van der Waals surface area contributed by atoms with Crippen LogP contribution in [0.5, 0.6) is 0 Å². The number of nitrogens with zero attached hydrogens (tertiary/aromatic N) is 1. The maximum absolute atomic E-state index is 12.2. The van der Waals surface area contributed by atoms with E-state index < -0.39 is 0 Å². The highest BCUT2D eigenvalue weighted by atomic mass is 35.5. The number of alkyl halides is 1. The Labute approximate surface area is 96.0 Å². The molecule has 1 heterocycles. The van der Waals surface area contributed by atoms with Crippen molar-refractivity contribution in [2.75, 3.05) is 13.1 Å². The Hall–Kier alpha value is -0.240. The molecule has 0 N–H and O–H groups in total. The molecule has 2 saturated carbocycles. The Kier molecular flexibility index (Phi) is 2.42. The van der Waals surface area contributed by atoms with Crippen LogP contribution in [-0.2, 0) is 4.79 Å². The van der Waals surface area contributed by atoms with Gasteiger partial charge in [0.1, 0.15) is 0 Å². The predicted octanol–water partition coefficient (Wildman–Crippen LogP) is 2.26. The van der Waals surface area contributed by atoms with Gasteiger partial charge in [0.05, 0.1) is 5.38 Å². The lowest BCUT2D eigenvalue weighted by atomic mass is 10.1. The molecule has 0 aromatic rings. The number of amides is 1. The highest BCUT2D eigenvalue weighted by Gasteiger charge is 2.57. The van der Waals surface area contributed by atoms with Gasteiger partial charge in [0, 0.05) is 19.0 Å². The van der Waals surface area contributed by atoms with Crippen molar-refractivity contribution >= 4 is 17.5 Å². The van der Waals surface area contributed by atoms with Gasteiger partial charge in [-0.15, -0.1) is 11.6 Å². The third-order valence-electron chi connectivity index (χ3n) is 4.37. The first-order valence-corrected chi connectivity index (χ1v) is 6.64. The van der Waals surface area contributed by atoms with Gasteiger partial charge >= 0.3 is 0 Å². The van der Waals surface area contributed by atoms with Crippen LogP contribution >= 0.6 is 11.6 Å². The van der Waals surface area contributed by atoms with Crippen LogP contribution in [0.15, 0.2) is 0 Å². The van der Waals surface area contributed by atoms with Gasteiger partial charge in [-0.05, 0) is 37.5 Å². The largest absolute Gasteiger partial charge is 0.341 e. The molecule has 0 bridgehead atoms. The molecule has 0 aromatic carbocycles. The van der Waals surface area contributed by atoms with Crippen LogP contribution in [0.25, 0.3) is 0 Å². The van der Waals surface area contributed by atoms with Gasteiger partial charge in [0.25, 0.3) is 0 Å². The van der Waals surface area contributed by atoms with Crippen LogP contribution < -0.4 is 0 Å². The minimum Gasteiger partial charge on any atom is -0.341 e. The first-order valence-electron chi connectivity index (χ1n) is 6.20. The van der Waals surface area contributed by atoms with Crippen molar-refractivity contribution in [1.29, 1.82) is 0 Å². The quantitative estimate of drug-likeness (QED) is 0.630. The van der Waals surface area contributed by atoms with Gasteiger partial charge in [-0.25, -0.2) is 0 Å². The Morgan fingerprint density at radius 1 is 1.13 bits per heavy atom. The van der Waals surface area contributed by atoms with Crippen molar-refractivity contribution in [2.45, 2.75) is 37.5 Å². The van der Waals surface area contributed by atoms with Gasteiger partial charge in [-0.1, -0.05) is 6.42 Å². The maximum Gasteiger partial charge on any atom is 0.226 e. The summed E-state index contributed by atoms with van der Waals surface area (Å²) in [6.45, 7) is 1.73. The van der Waals surface area contributed by atoms with E-state index >= 15 is 0 Å². The number of hydrogen-bond donors (Lipinski definition) is 0. The average molecular weight is 228 g/mol. The SMILES string of the molecule is O=C(C1C2CCCC21)N1CCCC(Cl)C1. The lowest BCUT2D eigenvalue weighted by Gasteiger charge is -2.30. The molecular formula is C12H18ClNO. The fraction of sp³-hybridized carbons (Fsp3) is 0.917. The van der Waals surface area contributed by atoms with E-state index in [0.29, 0.717) is 11.8 Å². The Morgan fingerprint density at radius 2 is 1.87 bits per heavy atom. The Balaban J connectivity index is 1.60. The number of carbonyl (C=O) groups excluding carboxylic acids is 1. The van der Waals surface area contributed by atoms with Crippen LogP contribution in [0.3, 0.4) is 0 Å². The monoisotopic (exact) mass is 227 g/mol. The average Bonchev–Trinajstić information content (AvgIpc) is 2.70. The van der Waals surface area contributed by atoms with E-state index in [4.69, 9.17) is 11.6 Å². The van der Waals surface area contributed by atoms with E-state index in [0.717, 1.165) is 37.8 Å². The molecule has 15 heavy (non-hydrogen) atoms. The molecule has 1 amide bonds. The predicted molar refractivity (Wildman–Crippen MR) is 59.8 cm³/mol. The van der Waals surface area contributed by atoms with Gasteiger partial charge in [0.15, 0.2) is 0 Å². The molecule has 3 unspecified atom stereocenters. The number of hydrogen-bond acceptors (Lipinski definition) is 1. The first kappa shape index (κ1) is 9.95. The van der Waals surface area contributed by atoms with Crippen molar-refractivity contribution < 1.29 is 4.79 Å². The van der Waals surface area contributed by atoms with Crippen molar-refractivity contribution in [2.24, 2.45) is 17.8 Å². The number of carbonyl (C=O) groups is 1. The van der Waals surface area contributed by atoms with Gasteiger partial charge in [0.2, 0.25) is 5.91 Å². The molecule has 84 valence electrons. The zero-order valence-corrected chi connectivity index (χ0v) is 9.75. The summed E-state index contributed by atoms with van der Waals surface area (Å²) in [4.78, 5) is 14.2. The van der Waals surface area contributed by atoms with Crippen LogP contribution in [0.4, 0.5) is 0 Å². The molecule has 2 aliphatic carbocycles. The summed E-state index contributed by atoms with van der Waals surface area (Å²) >= 11 is 6.11. The zero-order valence-electron chi connectivity index (χ0n) is 8.99. The van der Waals surface area contributed by atoms with E-state index in [9.17, 15) is 4.79 Å². The molecule has 0 spiro atoms. The van der Waals surface area contributed by atoms with Crippen LogP contribution in [0, 0.1) is 17.8 Å². The molecule has 3 aliphatic rings. The molecule has 0 radical (unpaired) electrons. The zero-order chi connectivity index (χ0) is 10.4. The maximum atomic E-state index is 12.2. The number of halogens is 1. The molecular weight excluding hydrogens is 210 g/mol. The summed E-state index contributed by atoms with van der Waals surface area (Å²) in [6, 6.07) is 0. The summed E-state index contributed by atoms with van der Waals surface area (Å²) in [5.41, 5.74) is 0. The highest BCUT2D eigenvalue weighted by Crippen LogP contribution is 2.58. The summed E-state index contributed by atoms with van der Waals surface area (Å²) < 4.78 is 0. The smallest absolute Gasteiger partial charge is 0.226 e. The topological polar surface area (TPSA) is 20.3 Å². The van der Waals surface area contributed by atoms with Crippen molar-refractivity contribution in [3.8, 4) is 0 Å².